The van der Waals surface area contributed by atoms with Crippen molar-refractivity contribution in [2.75, 3.05) is 26.3 Å². The average Bonchev–Trinajstić information content (AvgIpc) is 3.34. The van der Waals surface area contributed by atoms with E-state index in [1.165, 1.54) is 6.07 Å². The van der Waals surface area contributed by atoms with Crippen molar-refractivity contribution < 1.29 is 36.4 Å². The Kier molecular flexibility index (Phi) is 6.59. The van der Waals surface area contributed by atoms with E-state index in [2.05, 4.69) is 20.0 Å². The number of carbonyl (C=O) groups excluding carboxylic acids is 2. The van der Waals surface area contributed by atoms with Crippen LogP contribution in [0.2, 0.25) is 0 Å². The minimum absolute atomic E-state index is 0.0123. The van der Waals surface area contributed by atoms with Crippen molar-refractivity contribution in [2.45, 2.75) is 12.2 Å². The number of hydrogen-bond acceptors (Lipinski definition) is 6. The smallest absolute Gasteiger partial charge is 0.377 e. The molecule has 178 valence electrons. The van der Waals surface area contributed by atoms with Gasteiger partial charge in [-0.3, -0.25) is 9.59 Å². The molecule has 1 fully saturated rings. The van der Waals surface area contributed by atoms with Gasteiger partial charge in [-0.15, -0.1) is 0 Å². The molecule has 0 radical (unpaired) electrons. The second kappa shape index (κ2) is 9.59. The van der Waals surface area contributed by atoms with Gasteiger partial charge in [-0.2, -0.15) is 18.2 Å². The Bertz CT molecular complexity index is 1180. The number of alkyl halides is 3. The van der Waals surface area contributed by atoms with Crippen molar-refractivity contribution in [3.8, 4) is 11.4 Å². The number of amides is 2. The first kappa shape index (κ1) is 23.4. The molecule has 1 saturated heterocycles. The Morgan fingerprint density at radius 3 is 2.59 bits per heavy atom. The molecule has 2 heterocycles. The molecule has 3 aromatic rings. The number of ether oxygens (including phenoxy) is 1. The van der Waals surface area contributed by atoms with Crippen LogP contribution in [0.3, 0.4) is 0 Å². The van der Waals surface area contributed by atoms with Crippen LogP contribution in [0.4, 0.5) is 17.6 Å². The first-order valence-electron chi connectivity index (χ1n) is 10.2. The maximum atomic E-state index is 14.6. The maximum absolute atomic E-state index is 14.6. The van der Waals surface area contributed by atoms with E-state index in [-0.39, 0.29) is 30.2 Å². The molecule has 0 bridgehead atoms. The van der Waals surface area contributed by atoms with Crippen molar-refractivity contribution in [2.24, 2.45) is 0 Å². The highest BCUT2D eigenvalue weighted by Crippen LogP contribution is 2.29. The lowest BCUT2D eigenvalue weighted by atomic mass is 10.1. The predicted octanol–water partition coefficient (Wildman–Crippen LogP) is 3.17. The van der Waals surface area contributed by atoms with Crippen LogP contribution in [0, 0.1) is 5.82 Å². The Morgan fingerprint density at radius 1 is 1.15 bits per heavy atom. The summed E-state index contributed by atoms with van der Waals surface area (Å²) in [6.07, 6.45) is -4.83. The van der Waals surface area contributed by atoms with Crippen molar-refractivity contribution in [3.05, 3.63) is 71.4 Å². The topological polar surface area (TPSA) is 97.6 Å². The van der Waals surface area contributed by atoms with Crippen LogP contribution in [-0.2, 0) is 10.9 Å². The van der Waals surface area contributed by atoms with E-state index in [9.17, 15) is 27.2 Å². The maximum Gasteiger partial charge on any atom is 0.471 e. The molecule has 1 aliphatic heterocycles. The zero-order chi connectivity index (χ0) is 24.3. The van der Waals surface area contributed by atoms with Gasteiger partial charge in [0, 0.05) is 24.2 Å². The number of benzene rings is 2. The van der Waals surface area contributed by atoms with Gasteiger partial charge in [0.05, 0.1) is 24.8 Å². The number of carbonyl (C=O) groups is 2. The van der Waals surface area contributed by atoms with Crippen molar-refractivity contribution in [1.29, 1.82) is 0 Å². The largest absolute Gasteiger partial charge is 0.471 e. The SMILES string of the molecule is O=C(NCC1COCCN1C(=O)c1ccccc1)c1ccc(-c2noc(C(F)(F)F)n2)cc1F. The number of hydrogen-bond donors (Lipinski definition) is 1. The van der Waals surface area contributed by atoms with Gasteiger partial charge in [0.1, 0.15) is 5.82 Å². The second-order valence-electron chi connectivity index (χ2n) is 7.42. The summed E-state index contributed by atoms with van der Waals surface area (Å²) in [6, 6.07) is 11.3. The van der Waals surface area contributed by atoms with Crippen molar-refractivity contribution >= 4 is 11.8 Å². The summed E-state index contributed by atoms with van der Waals surface area (Å²) in [4.78, 5) is 30.2. The van der Waals surface area contributed by atoms with Crippen LogP contribution in [0.25, 0.3) is 11.4 Å². The minimum Gasteiger partial charge on any atom is -0.377 e. The molecule has 0 saturated carbocycles. The Morgan fingerprint density at radius 2 is 1.91 bits per heavy atom. The molecule has 0 aliphatic carbocycles. The van der Waals surface area contributed by atoms with Gasteiger partial charge >= 0.3 is 12.1 Å². The minimum atomic E-state index is -4.83. The predicted molar refractivity (Wildman–Crippen MR) is 109 cm³/mol. The summed E-state index contributed by atoms with van der Waals surface area (Å²) in [7, 11) is 0. The van der Waals surface area contributed by atoms with E-state index in [0.717, 1.165) is 12.1 Å². The molecule has 1 unspecified atom stereocenters. The van der Waals surface area contributed by atoms with Crippen molar-refractivity contribution in [3.63, 3.8) is 0 Å². The average molecular weight is 478 g/mol. The molecule has 8 nitrogen and oxygen atoms in total. The molecular weight excluding hydrogens is 460 g/mol. The number of nitrogens with zero attached hydrogens (tertiary/aromatic N) is 3. The molecule has 1 N–H and O–H groups in total. The van der Waals surface area contributed by atoms with Crippen LogP contribution < -0.4 is 5.32 Å². The first-order chi connectivity index (χ1) is 16.2. The summed E-state index contributed by atoms with van der Waals surface area (Å²) < 4.78 is 62.0. The lowest BCUT2D eigenvalue weighted by Crippen LogP contribution is -2.53. The molecule has 0 spiro atoms. The van der Waals surface area contributed by atoms with E-state index in [4.69, 9.17) is 4.74 Å². The number of rotatable bonds is 5. The Hall–Kier alpha value is -3.80. The van der Waals surface area contributed by atoms with E-state index in [0.29, 0.717) is 18.7 Å². The first-order valence-corrected chi connectivity index (χ1v) is 10.2. The highest BCUT2D eigenvalue weighted by atomic mass is 19.4. The summed E-state index contributed by atoms with van der Waals surface area (Å²) in [5.74, 6) is -3.98. The van der Waals surface area contributed by atoms with Crippen LogP contribution in [0.1, 0.15) is 26.6 Å². The molecule has 4 rings (SSSR count). The van der Waals surface area contributed by atoms with Gasteiger partial charge in [-0.05, 0) is 24.3 Å². The molecule has 1 atom stereocenters. The van der Waals surface area contributed by atoms with E-state index < -0.39 is 35.7 Å². The molecule has 1 aliphatic rings. The fourth-order valence-corrected chi connectivity index (χ4v) is 3.44. The molecule has 34 heavy (non-hydrogen) atoms. The van der Waals surface area contributed by atoms with Crippen LogP contribution >= 0.6 is 0 Å². The third-order valence-corrected chi connectivity index (χ3v) is 5.15. The molecule has 1 aromatic heterocycles. The van der Waals surface area contributed by atoms with Crippen molar-refractivity contribution in [1.82, 2.24) is 20.4 Å². The summed E-state index contributed by atoms with van der Waals surface area (Å²) in [5, 5.41) is 5.77. The van der Waals surface area contributed by atoms with E-state index >= 15 is 0 Å². The lowest BCUT2D eigenvalue weighted by Gasteiger charge is -2.35. The zero-order valence-electron chi connectivity index (χ0n) is 17.5. The monoisotopic (exact) mass is 478 g/mol. The second-order valence-corrected chi connectivity index (χ2v) is 7.42. The number of morpholine rings is 1. The fraction of sp³-hybridized carbons (Fsp3) is 0.273. The fourth-order valence-electron chi connectivity index (χ4n) is 3.44. The van der Waals surface area contributed by atoms with Gasteiger partial charge in [0.15, 0.2) is 0 Å². The van der Waals surface area contributed by atoms with Gasteiger partial charge in [0.2, 0.25) is 5.82 Å². The van der Waals surface area contributed by atoms with Gasteiger partial charge in [-0.25, -0.2) is 4.39 Å². The van der Waals surface area contributed by atoms with E-state index in [1.807, 2.05) is 0 Å². The molecule has 12 heteroatoms. The van der Waals surface area contributed by atoms with Crippen LogP contribution in [-0.4, -0.2) is 59.2 Å². The summed E-state index contributed by atoms with van der Waals surface area (Å²) in [6.45, 7) is 0.894. The number of halogens is 4. The quantitative estimate of drug-likeness (QED) is 0.566. The molecule has 2 amide bonds. The van der Waals surface area contributed by atoms with Gasteiger partial charge in [0.25, 0.3) is 11.8 Å². The van der Waals surface area contributed by atoms with Crippen LogP contribution in [0.5, 0.6) is 0 Å². The third kappa shape index (κ3) is 5.06. The number of aromatic nitrogens is 2. The standard InChI is InChI=1S/C22H18F4N4O4/c23-17-10-14(18-28-21(34-29-18)22(24,25)26)6-7-16(17)19(31)27-11-15-12-33-9-8-30(15)20(32)13-4-2-1-3-5-13/h1-7,10,15H,8-9,11-12H2,(H,27,31). The Balaban J connectivity index is 1.43. The number of nitrogens with one attached hydrogen (secondary N) is 1. The lowest BCUT2D eigenvalue weighted by molar-refractivity contribution is -0.159. The molecular formula is C22H18F4N4O4. The summed E-state index contributed by atoms with van der Waals surface area (Å²) >= 11 is 0. The van der Waals surface area contributed by atoms with Gasteiger partial charge < -0.3 is 19.5 Å². The zero-order valence-corrected chi connectivity index (χ0v) is 17.5. The highest BCUT2D eigenvalue weighted by Gasteiger charge is 2.38. The third-order valence-electron chi connectivity index (χ3n) is 5.15. The van der Waals surface area contributed by atoms with Crippen LogP contribution in [0.15, 0.2) is 53.1 Å². The highest BCUT2D eigenvalue weighted by molar-refractivity contribution is 5.96. The Labute approximate surface area is 190 Å². The molecule has 2 aromatic carbocycles. The summed E-state index contributed by atoms with van der Waals surface area (Å²) in [5.41, 5.74) is 0.0760. The van der Waals surface area contributed by atoms with E-state index in [1.54, 1.807) is 35.2 Å². The van der Waals surface area contributed by atoms with Gasteiger partial charge in [-0.1, -0.05) is 29.4 Å². The normalized spacial score (nSPS) is 16.4.